The van der Waals surface area contributed by atoms with Crippen LogP contribution in [0.5, 0.6) is 0 Å². The van der Waals surface area contributed by atoms with Gasteiger partial charge in [0.05, 0.1) is 0 Å². The van der Waals surface area contributed by atoms with Crippen molar-refractivity contribution in [3.63, 3.8) is 0 Å². The molecular weight excluding hydrogens is 421 g/mol. The Morgan fingerprint density at radius 2 is 2.10 bits per heavy atom. The summed E-state index contributed by atoms with van der Waals surface area (Å²) in [4.78, 5) is 27.1. The van der Waals surface area contributed by atoms with Gasteiger partial charge in [0, 0.05) is 41.9 Å². The van der Waals surface area contributed by atoms with Gasteiger partial charge in [-0.1, -0.05) is 11.6 Å². The lowest BCUT2D eigenvalue weighted by molar-refractivity contribution is -0.149. The minimum absolute atomic E-state index is 0.0123. The molecule has 1 saturated carbocycles. The number of nitrogens with zero attached hydrogens (tertiary/aromatic N) is 1. The number of halogens is 2. The predicted molar refractivity (Wildman–Crippen MR) is 115 cm³/mol. The predicted octanol–water partition coefficient (Wildman–Crippen LogP) is 3.01. The van der Waals surface area contributed by atoms with E-state index in [-0.39, 0.29) is 24.5 Å². The molecule has 31 heavy (non-hydrogen) atoms. The van der Waals surface area contributed by atoms with Crippen LogP contribution in [-0.2, 0) is 22.6 Å². The average Bonchev–Trinajstić information content (AvgIpc) is 3.42. The van der Waals surface area contributed by atoms with Crippen LogP contribution in [0.1, 0.15) is 30.4 Å². The third-order valence-corrected chi connectivity index (χ3v) is 6.64. The molecule has 2 aromatic carbocycles. The molecule has 2 amide bonds. The van der Waals surface area contributed by atoms with Crippen molar-refractivity contribution >= 4 is 34.8 Å². The molecule has 0 spiro atoms. The van der Waals surface area contributed by atoms with Gasteiger partial charge in [0.15, 0.2) is 0 Å². The van der Waals surface area contributed by atoms with E-state index >= 15 is 0 Å². The maximum absolute atomic E-state index is 13.5. The van der Waals surface area contributed by atoms with Gasteiger partial charge < -0.3 is 20.6 Å². The van der Waals surface area contributed by atoms with Gasteiger partial charge in [-0.3, -0.25) is 9.59 Å². The summed E-state index contributed by atoms with van der Waals surface area (Å²) < 4.78 is 13.5. The fraction of sp³-hybridized carbons (Fsp3) is 0.391. The number of hydrogen-bond acceptors (Lipinski definition) is 4. The lowest BCUT2D eigenvalue weighted by Gasteiger charge is -2.22. The normalized spacial score (nSPS) is 24.8. The molecule has 2 heterocycles. The first-order valence-electron chi connectivity index (χ1n) is 10.5. The van der Waals surface area contributed by atoms with Crippen molar-refractivity contribution in [1.29, 1.82) is 0 Å². The zero-order valence-electron chi connectivity index (χ0n) is 16.8. The van der Waals surface area contributed by atoms with Gasteiger partial charge in [0.1, 0.15) is 5.82 Å². The lowest BCUT2D eigenvalue weighted by Crippen LogP contribution is -2.52. The van der Waals surface area contributed by atoms with Crippen molar-refractivity contribution in [2.24, 2.45) is 5.92 Å². The Labute approximate surface area is 184 Å². The molecule has 6 nitrogen and oxygen atoms in total. The Bertz CT molecular complexity index is 1050. The molecule has 0 aromatic heterocycles. The molecule has 1 saturated heterocycles. The van der Waals surface area contributed by atoms with E-state index in [0.717, 1.165) is 29.7 Å². The molecule has 2 aliphatic heterocycles. The average molecular weight is 444 g/mol. The van der Waals surface area contributed by atoms with Gasteiger partial charge in [-0.15, -0.1) is 0 Å². The molecule has 2 fully saturated rings. The Kier molecular flexibility index (Phi) is 4.90. The number of anilines is 2. The molecule has 1 aliphatic carbocycles. The zero-order valence-corrected chi connectivity index (χ0v) is 17.6. The second kappa shape index (κ2) is 7.50. The van der Waals surface area contributed by atoms with Crippen LogP contribution in [0.25, 0.3) is 0 Å². The van der Waals surface area contributed by atoms with E-state index in [4.69, 9.17) is 11.6 Å². The summed E-state index contributed by atoms with van der Waals surface area (Å²) >= 11 is 5.83. The molecule has 0 radical (unpaired) electrons. The first-order chi connectivity index (χ1) is 14.8. The number of amides is 2. The maximum atomic E-state index is 13.5. The van der Waals surface area contributed by atoms with Gasteiger partial charge in [-0.05, 0) is 72.7 Å². The highest BCUT2D eigenvalue weighted by Gasteiger charge is 2.51. The summed E-state index contributed by atoms with van der Waals surface area (Å²) in [5, 5.41) is 17.1. The van der Waals surface area contributed by atoms with Gasteiger partial charge in [0.25, 0.3) is 11.8 Å². The highest BCUT2D eigenvalue weighted by atomic mass is 35.5. The Morgan fingerprint density at radius 1 is 1.29 bits per heavy atom. The molecule has 2 aromatic rings. The van der Waals surface area contributed by atoms with Gasteiger partial charge in [-0.2, -0.15) is 0 Å². The second-order valence-corrected chi connectivity index (χ2v) is 9.10. The van der Waals surface area contributed by atoms with Crippen LogP contribution in [0.3, 0.4) is 0 Å². The summed E-state index contributed by atoms with van der Waals surface area (Å²) in [6.45, 7) is 0.200. The number of rotatable bonds is 5. The first-order valence-corrected chi connectivity index (χ1v) is 10.9. The summed E-state index contributed by atoms with van der Waals surface area (Å²) in [6.07, 6.45) is 3.43. The molecule has 3 N–H and O–H groups in total. The van der Waals surface area contributed by atoms with Gasteiger partial charge in [-0.25, -0.2) is 4.39 Å². The Hall–Kier alpha value is -2.64. The van der Waals surface area contributed by atoms with Crippen molar-refractivity contribution < 1.29 is 19.1 Å². The van der Waals surface area contributed by atoms with Gasteiger partial charge >= 0.3 is 0 Å². The number of carbonyl (C=O) groups is 2. The van der Waals surface area contributed by atoms with Gasteiger partial charge in [0.2, 0.25) is 5.60 Å². The van der Waals surface area contributed by atoms with Crippen LogP contribution < -0.4 is 15.5 Å². The fourth-order valence-corrected chi connectivity index (χ4v) is 4.78. The molecule has 8 heteroatoms. The standard InChI is InChI=1S/C23H23ClFN3O3/c24-16-7-13(8-17(25)11-16)12-26-21(29)23(31)5-6-28(22(23)30)18-3-4-19-15(9-18)10-20(27-19)14-1-2-14/h3-4,7-9,11,14,20,27,31H,1-2,5-6,10,12H2,(H,26,29). The Morgan fingerprint density at radius 3 is 2.84 bits per heavy atom. The van der Waals surface area contributed by atoms with Crippen LogP contribution in [0.15, 0.2) is 36.4 Å². The van der Waals surface area contributed by atoms with E-state index in [9.17, 15) is 19.1 Å². The minimum atomic E-state index is -2.15. The smallest absolute Gasteiger partial charge is 0.268 e. The van der Waals surface area contributed by atoms with E-state index in [2.05, 4.69) is 10.6 Å². The zero-order chi connectivity index (χ0) is 21.8. The topological polar surface area (TPSA) is 81.7 Å². The number of carbonyl (C=O) groups excluding carboxylic acids is 2. The largest absolute Gasteiger partial charge is 0.381 e. The molecular formula is C23H23ClFN3O3. The van der Waals surface area contributed by atoms with Crippen LogP contribution >= 0.6 is 11.6 Å². The third kappa shape index (κ3) is 3.77. The van der Waals surface area contributed by atoms with Crippen molar-refractivity contribution in [1.82, 2.24) is 5.32 Å². The second-order valence-electron chi connectivity index (χ2n) is 8.66. The molecule has 0 bridgehead atoms. The first kappa shape index (κ1) is 20.3. The van der Waals surface area contributed by atoms with E-state index in [1.165, 1.54) is 29.9 Å². The number of aliphatic hydroxyl groups is 1. The van der Waals surface area contributed by atoms with E-state index < -0.39 is 23.2 Å². The number of benzene rings is 2. The fourth-order valence-electron chi connectivity index (χ4n) is 4.53. The van der Waals surface area contributed by atoms with Crippen LogP contribution in [-0.4, -0.2) is 35.1 Å². The molecule has 3 aliphatic rings. The quantitative estimate of drug-likeness (QED) is 0.620. The summed E-state index contributed by atoms with van der Waals surface area (Å²) in [6, 6.07) is 10.2. The maximum Gasteiger partial charge on any atom is 0.268 e. The van der Waals surface area contributed by atoms with Crippen molar-refractivity contribution in [3.05, 3.63) is 58.4 Å². The SMILES string of the molecule is O=C(NCc1cc(F)cc(Cl)c1)C1(O)CCN(c2ccc3c(c2)CC(C2CC2)N3)C1=O. The van der Waals surface area contributed by atoms with Crippen LogP contribution in [0.2, 0.25) is 5.02 Å². The highest BCUT2D eigenvalue weighted by molar-refractivity contribution is 6.30. The number of hydrogen-bond donors (Lipinski definition) is 3. The summed E-state index contributed by atoms with van der Waals surface area (Å²) in [5.41, 5.74) is 1.23. The van der Waals surface area contributed by atoms with Crippen LogP contribution in [0.4, 0.5) is 15.8 Å². The number of nitrogens with one attached hydrogen (secondary N) is 2. The summed E-state index contributed by atoms with van der Waals surface area (Å²) in [5.74, 6) is -1.23. The lowest BCUT2D eigenvalue weighted by atomic mass is 10.0. The van der Waals surface area contributed by atoms with Crippen molar-refractivity contribution in [2.45, 2.75) is 43.9 Å². The number of fused-ring (bicyclic) bond motifs is 1. The Balaban J connectivity index is 1.27. The molecule has 2 atom stereocenters. The minimum Gasteiger partial charge on any atom is -0.381 e. The van der Waals surface area contributed by atoms with E-state index in [1.54, 1.807) is 0 Å². The van der Waals surface area contributed by atoms with E-state index in [1.807, 2.05) is 18.2 Å². The monoisotopic (exact) mass is 443 g/mol. The third-order valence-electron chi connectivity index (χ3n) is 6.42. The highest BCUT2D eigenvalue weighted by Crippen LogP contribution is 2.41. The molecule has 2 unspecified atom stereocenters. The summed E-state index contributed by atoms with van der Waals surface area (Å²) in [7, 11) is 0. The molecule has 162 valence electrons. The van der Waals surface area contributed by atoms with Crippen molar-refractivity contribution in [2.75, 3.05) is 16.8 Å². The van der Waals surface area contributed by atoms with E-state index in [0.29, 0.717) is 17.3 Å². The van der Waals surface area contributed by atoms with Crippen molar-refractivity contribution in [3.8, 4) is 0 Å². The van der Waals surface area contributed by atoms with Crippen LogP contribution in [0, 0.1) is 11.7 Å². The molecule has 5 rings (SSSR count).